The van der Waals surface area contributed by atoms with E-state index in [-0.39, 0.29) is 24.0 Å². The molecule has 0 N–H and O–H groups in total. The Morgan fingerprint density at radius 1 is 1.22 bits per heavy atom. The van der Waals surface area contributed by atoms with Crippen LogP contribution in [0.1, 0.15) is 0 Å². The first kappa shape index (κ1) is 9.86. The zero-order valence-electron chi connectivity index (χ0n) is 4.77. The van der Waals surface area contributed by atoms with Crippen LogP contribution in [0.5, 0.6) is 0 Å². The second-order valence-electron chi connectivity index (χ2n) is 1.59. The van der Waals surface area contributed by atoms with Gasteiger partial charge in [0, 0.05) is 0 Å². The van der Waals surface area contributed by atoms with Gasteiger partial charge in [-0.3, -0.25) is 0 Å². The summed E-state index contributed by atoms with van der Waals surface area (Å²) in [7, 11) is 0. The molecule has 0 saturated heterocycles. The van der Waals surface area contributed by atoms with Gasteiger partial charge in [-0.2, -0.15) is 0 Å². The molecule has 0 aliphatic rings. The van der Waals surface area contributed by atoms with Gasteiger partial charge in [0.15, 0.2) is 0 Å². The Kier molecular flexibility index (Phi) is 5.09. The van der Waals surface area contributed by atoms with Crippen LogP contribution in [0.3, 0.4) is 0 Å². The fourth-order valence-corrected chi connectivity index (χ4v) is 1.17. The van der Waals surface area contributed by atoms with Crippen molar-refractivity contribution in [3.8, 4) is 0 Å². The summed E-state index contributed by atoms with van der Waals surface area (Å²) in [6.07, 6.45) is 0. The molecule has 1 aromatic carbocycles. The van der Waals surface area contributed by atoms with E-state index in [0.29, 0.717) is 0 Å². The van der Waals surface area contributed by atoms with Gasteiger partial charge in [0.05, 0.1) is 0 Å². The van der Waals surface area contributed by atoms with Gasteiger partial charge in [-0.15, -0.1) is 0 Å². The molecular weight excluding hydrogens is 300 g/mol. The van der Waals surface area contributed by atoms with E-state index in [1.807, 2.05) is 24.3 Å². The van der Waals surface area contributed by atoms with Crippen molar-refractivity contribution >= 4 is 15.8 Å². The normalized spacial score (nSPS) is 8.33. The summed E-state index contributed by atoms with van der Waals surface area (Å²) in [5.41, 5.74) is 0. The van der Waals surface area contributed by atoms with Gasteiger partial charge in [-0.25, -0.2) is 0 Å². The third kappa shape index (κ3) is 2.97. The zero-order chi connectivity index (χ0) is 5.98. The maximum absolute atomic E-state index is 5.74. The summed E-state index contributed by atoms with van der Waals surface area (Å²) in [6.45, 7) is 0. The SMILES string of the molecule is Clc1cccc[c]1[Zn+].[I-]. The van der Waals surface area contributed by atoms with Crippen molar-refractivity contribution in [3.05, 3.63) is 29.3 Å². The van der Waals surface area contributed by atoms with Crippen molar-refractivity contribution in [2.45, 2.75) is 0 Å². The zero-order valence-corrected chi connectivity index (χ0v) is 10.7. The first-order valence-electron chi connectivity index (χ1n) is 2.37. The van der Waals surface area contributed by atoms with Gasteiger partial charge in [-0.05, 0) is 0 Å². The fraction of sp³-hybridized carbons (Fsp3) is 0. The minimum absolute atomic E-state index is 0. The summed E-state index contributed by atoms with van der Waals surface area (Å²) < 4.78 is 1.26. The van der Waals surface area contributed by atoms with Gasteiger partial charge in [0.1, 0.15) is 0 Å². The summed E-state index contributed by atoms with van der Waals surface area (Å²) in [5.74, 6) is 0. The molecule has 44 valence electrons. The molecule has 0 aliphatic heterocycles. The number of hydrogen-bond acceptors (Lipinski definition) is 0. The molecule has 0 aromatic heterocycles. The Bertz CT molecular complexity index is 169. The van der Waals surface area contributed by atoms with Crippen LogP contribution in [0, 0.1) is 0 Å². The van der Waals surface area contributed by atoms with Crippen molar-refractivity contribution in [1.29, 1.82) is 0 Å². The molecular formula is C6H4ClIZn. The molecule has 1 aromatic rings. The van der Waals surface area contributed by atoms with Gasteiger partial charge in [0.25, 0.3) is 0 Å². The van der Waals surface area contributed by atoms with Crippen LogP contribution in [0.2, 0.25) is 5.02 Å². The van der Waals surface area contributed by atoms with E-state index in [1.165, 1.54) is 4.16 Å². The Morgan fingerprint density at radius 3 is 2.11 bits per heavy atom. The molecule has 0 radical (unpaired) electrons. The van der Waals surface area contributed by atoms with E-state index in [4.69, 9.17) is 11.6 Å². The standard InChI is InChI=1S/C6H4Cl.HI.Zn/c7-6-4-2-1-3-5-6;;/h1-4H;1H;/q;;+1/p-1. The van der Waals surface area contributed by atoms with Crippen LogP contribution in [0.4, 0.5) is 0 Å². The predicted octanol–water partition coefficient (Wildman–Crippen LogP) is -1.48. The molecule has 0 spiro atoms. The maximum atomic E-state index is 5.74. The molecule has 0 amide bonds. The van der Waals surface area contributed by atoms with Crippen LogP contribution in [-0.2, 0) is 18.3 Å². The average Bonchev–Trinajstić information content (AvgIpc) is 1.77. The van der Waals surface area contributed by atoms with E-state index < -0.39 is 0 Å². The molecule has 9 heavy (non-hydrogen) atoms. The smallest absolute Gasteiger partial charge is 1.00 e. The van der Waals surface area contributed by atoms with E-state index in [2.05, 4.69) is 0 Å². The Balaban J connectivity index is 0.000000640. The first-order chi connectivity index (χ1) is 3.80. The van der Waals surface area contributed by atoms with Gasteiger partial charge in [0.2, 0.25) is 0 Å². The molecule has 0 nitrogen and oxygen atoms in total. The third-order valence-corrected chi connectivity index (χ3v) is 3.09. The van der Waals surface area contributed by atoms with E-state index in [9.17, 15) is 0 Å². The summed E-state index contributed by atoms with van der Waals surface area (Å²) in [4.78, 5) is 0. The average molecular weight is 304 g/mol. The van der Waals surface area contributed by atoms with Crippen LogP contribution in [0.25, 0.3) is 0 Å². The number of benzene rings is 1. The van der Waals surface area contributed by atoms with Crippen LogP contribution in [-0.4, -0.2) is 0 Å². The largest absolute Gasteiger partial charge is 1.00 e. The maximum Gasteiger partial charge on any atom is -1.00 e. The minimum Gasteiger partial charge on any atom is -1.00 e. The first-order valence-corrected chi connectivity index (χ1v) is 4.23. The van der Waals surface area contributed by atoms with Gasteiger partial charge >= 0.3 is 63.3 Å². The number of hydrogen-bond donors (Lipinski definition) is 0. The molecule has 0 fully saturated rings. The molecule has 0 heterocycles. The van der Waals surface area contributed by atoms with E-state index in [0.717, 1.165) is 23.3 Å². The van der Waals surface area contributed by atoms with Crippen molar-refractivity contribution in [2.75, 3.05) is 0 Å². The third-order valence-electron chi connectivity index (χ3n) is 0.958. The molecule has 3 heteroatoms. The van der Waals surface area contributed by atoms with Crippen LogP contribution < -0.4 is 28.1 Å². The molecule has 0 unspecified atom stereocenters. The van der Waals surface area contributed by atoms with E-state index in [1.54, 1.807) is 0 Å². The molecule has 0 aliphatic carbocycles. The van der Waals surface area contributed by atoms with Crippen molar-refractivity contribution in [1.82, 2.24) is 0 Å². The molecule has 1 rings (SSSR count). The Morgan fingerprint density at radius 2 is 1.78 bits per heavy atom. The quantitative estimate of drug-likeness (QED) is 0.405. The van der Waals surface area contributed by atoms with E-state index >= 15 is 0 Å². The number of halogens is 2. The second kappa shape index (κ2) is 4.64. The molecule has 0 saturated carbocycles. The van der Waals surface area contributed by atoms with Crippen molar-refractivity contribution < 1.29 is 42.3 Å². The predicted molar refractivity (Wildman–Crippen MR) is 31.1 cm³/mol. The fourth-order valence-electron chi connectivity index (χ4n) is 0.498. The summed E-state index contributed by atoms with van der Waals surface area (Å²) in [6, 6.07) is 7.91. The number of rotatable bonds is 0. The minimum atomic E-state index is 0. The van der Waals surface area contributed by atoms with Crippen LogP contribution in [0.15, 0.2) is 24.3 Å². The van der Waals surface area contributed by atoms with Crippen molar-refractivity contribution in [3.63, 3.8) is 0 Å². The van der Waals surface area contributed by atoms with Crippen LogP contribution >= 0.6 is 11.6 Å². The Labute approximate surface area is 86.7 Å². The second-order valence-corrected chi connectivity index (χ2v) is 3.60. The van der Waals surface area contributed by atoms with Gasteiger partial charge in [-0.1, -0.05) is 0 Å². The monoisotopic (exact) mass is 302 g/mol. The molecule has 0 bridgehead atoms. The molecule has 0 atom stereocenters. The topological polar surface area (TPSA) is 0 Å². The Hall–Kier alpha value is 0.863. The summed E-state index contributed by atoms with van der Waals surface area (Å²) in [5, 5.41) is 0.896. The summed E-state index contributed by atoms with van der Waals surface area (Å²) >= 11 is 6.88. The van der Waals surface area contributed by atoms with Gasteiger partial charge < -0.3 is 24.0 Å². The van der Waals surface area contributed by atoms with Crippen molar-refractivity contribution in [2.24, 2.45) is 0 Å².